The molecule has 1 unspecified atom stereocenters. The summed E-state index contributed by atoms with van der Waals surface area (Å²) in [5, 5.41) is 2.79. The lowest BCUT2D eigenvalue weighted by molar-refractivity contribution is -0.136. The lowest BCUT2D eigenvalue weighted by Gasteiger charge is -2.26. The Kier molecular flexibility index (Phi) is 5.99. The van der Waals surface area contributed by atoms with Crippen molar-refractivity contribution in [2.45, 2.75) is 39.8 Å². The van der Waals surface area contributed by atoms with Gasteiger partial charge in [0.25, 0.3) is 0 Å². The number of nitrogens with one attached hydrogen (secondary N) is 1. The van der Waals surface area contributed by atoms with Gasteiger partial charge in [-0.25, -0.2) is 0 Å². The maximum absolute atomic E-state index is 11.8. The van der Waals surface area contributed by atoms with Gasteiger partial charge in [-0.05, 0) is 25.0 Å². The molecule has 1 aromatic heterocycles. The molecular weight excluding hydrogens is 242 g/mol. The fourth-order valence-corrected chi connectivity index (χ4v) is 1.71. The Morgan fingerprint density at radius 1 is 1.47 bits per heavy atom. The number of carbonyl (C=O) groups is 2. The maximum atomic E-state index is 11.8. The first kappa shape index (κ1) is 15.1. The zero-order valence-corrected chi connectivity index (χ0v) is 11.7. The second-order valence-electron chi connectivity index (χ2n) is 4.54. The molecule has 5 nitrogen and oxygen atoms in total. The summed E-state index contributed by atoms with van der Waals surface area (Å²) < 4.78 is 0. The molecule has 1 aromatic rings. The third-order valence-corrected chi connectivity index (χ3v) is 3.05. The molecule has 104 valence electrons. The molecule has 0 aliphatic heterocycles. The second kappa shape index (κ2) is 7.51. The van der Waals surface area contributed by atoms with E-state index in [1.54, 1.807) is 17.3 Å². The maximum Gasteiger partial charge on any atom is 0.239 e. The number of carbonyl (C=O) groups excluding carboxylic acids is 2. The van der Waals surface area contributed by atoms with Crippen LogP contribution in [0.4, 0.5) is 0 Å². The van der Waals surface area contributed by atoms with Crippen LogP contribution in [0, 0.1) is 0 Å². The van der Waals surface area contributed by atoms with Gasteiger partial charge in [0.05, 0.1) is 6.54 Å². The quantitative estimate of drug-likeness (QED) is 0.842. The van der Waals surface area contributed by atoms with Crippen molar-refractivity contribution in [1.29, 1.82) is 0 Å². The van der Waals surface area contributed by atoms with E-state index in [9.17, 15) is 9.59 Å². The van der Waals surface area contributed by atoms with Crippen molar-refractivity contribution >= 4 is 11.8 Å². The lowest BCUT2D eigenvalue weighted by Crippen LogP contribution is -2.44. The van der Waals surface area contributed by atoms with Gasteiger partial charge in [0.1, 0.15) is 0 Å². The van der Waals surface area contributed by atoms with Crippen molar-refractivity contribution in [3.63, 3.8) is 0 Å². The van der Waals surface area contributed by atoms with Crippen LogP contribution < -0.4 is 5.32 Å². The number of pyridine rings is 1. The molecule has 1 heterocycles. The van der Waals surface area contributed by atoms with Gasteiger partial charge in [-0.1, -0.05) is 13.0 Å². The molecule has 1 N–H and O–H groups in total. The first-order chi connectivity index (χ1) is 9.04. The minimum atomic E-state index is -0.153. The molecular formula is C14H21N3O2. The summed E-state index contributed by atoms with van der Waals surface area (Å²) in [6.45, 7) is 5.95. The Bertz CT molecular complexity index is 420. The minimum Gasteiger partial charge on any atom is -0.350 e. The molecule has 1 atom stereocenters. The number of hydrogen-bond acceptors (Lipinski definition) is 3. The summed E-state index contributed by atoms with van der Waals surface area (Å²) in [6.07, 6.45) is 4.22. The minimum absolute atomic E-state index is 0.0710. The highest BCUT2D eigenvalue weighted by Gasteiger charge is 2.18. The van der Waals surface area contributed by atoms with Gasteiger partial charge in [-0.3, -0.25) is 14.6 Å². The van der Waals surface area contributed by atoms with Crippen molar-refractivity contribution < 1.29 is 9.59 Å². The van der Waals surface area contributed by atoms with Crippen LogP contribution >= 0.6 is 0 Å². The average molecular weight is 263 g/mol. The molecule has 0 radical (unpaired) electrons. The molecule has 2 amide bonds. The number of aromatic nitrogens is 1. The van der Waals surface area contributed by atoms with Crippen LogP contribution in [0.15, 0.2) is 24.5 Å². The largest absolute Gasteiger partial charge is 0.350 e. The standard InChI is InChI=1S/C14H21N3O2/c1-4-11(2)17(12(3)18)10-14(19)16-9-13-6-5-7-15-8-13/h5-8,11H,4,9-10H2,1-3H3,(H,16,19). The topological polar surface area (TPSA) is 62.3 Å². The fourth-order valence-electron chi connectivity index (χ4n) is 1.71. The molecule has 5 heteroatoms. The van der Waals surface area contributed by atoms with Crippen LogP contribution in [0.5, 0.6) is 0 Å². The van der Waals surface area contributed by atoms with Gasteiger partial charge in [-0.15, -0.1) is 0 Å². The normalized spacial score (nSPS) is 11.7. The second-order valence-corrected chi connectivity index (χ2v) is 4.54. The van der Waals surface area contributed by atoms with Crippen LogP contribution in [-0.4, -0.2) is 34.3 Å². The predicted octanol–water partition coefficient (Wildman–Crippen LogP) is 1.34. The molecule has 0 saturated heterocycles. The van der Waals surface area contributed by atoms with Gasteiger partial charge in [0.2, 0.25) is 11.8 Å². The SMILES string of the molecule is CCC(C)N(CC(=O)NCc1cccnc1)C(C)=O. The molecule has 0 aromatic carbocycles. The fraction of sp³-hybridized carbons (Fsp3) is 0.500. The summed E-state index contributed by atoms with van der Waals surface area (Å²) >= 11 is 0. The number of rotatable bonds is 6. The Morgan fingerprint density at radius 2 is 2.21 bits per heavy atom. The summed E-state index contributed by atoms with van der Waals surface area (Å²) in [4.78, 5) is 28.9. The highest BCUT2D eigenvalue weighted by Crippen LogP contribution is 2.03. The van der Waals surface area contributed by atoms with E-state index in [1.807, 2.05) is 26.0 Å². The van der Waals surface area contributed by atoms with Crippen molar-refractivity contribution in [2.75, 3.05) is 6.54 Å². The molecule has 0 saturated carbocycles. The number of amides is 2. The van der Waals surface area contributed by atoms with Crippen LogP contribution in [0.3, 0.4) is 0 Å². The van der Waals surface area contributed by atoms with Crippen molar-refractivity contribution in [1.82, 2.24) is 15.2 Å². The highest BCUT2D eigenvalue weighted by molar-refractivity contribution is 5.83. The zero-order chi connectivity index (χ0) is 14.3. The van der Waals surface area contributed by atoms with Crippen molar-refractivity contribution in [2.24, 2.45) is 0 Å². The third kappa shape index (κ3) is 5.07. The Morgan fingerprint density at radius 3 is 2.74 bits per heavy atom. The van der Waals surface area contributed by atoms with E-state index >= 15 is 0 Å². The van der Waals surface area contributed by atoms with Gasteiger partial charge in [0, 0.05) is 31.9 Å². The molecule has 0 spiro atoms. The van der Waals surface area contributed by atoms with Crippen LogP contribution in [-0.2, 0) is 16.1 Å². The van der Waals surface area contributed by atoms with E-state index < -0.39 is 0 Å². The highest BCUT2D eigenvalue weighted by atomic mass is 16.2. The lowest BCUT2D eigenvalue weighted by atomic mass is 10.2. The van der Waals surface area contributed by atoms with Gasteiger partial charge < -0.3 is 10.2 Å². The van der Waals surface area contributed by atoms with Crippen molar-refractivity contribution in [3.8, 4) is 0 Å². The summed E-state index contributed by atoms with van der Waals surface area (Å²) in [6, 6.07) is 3.79. The predicted molar refractivity (Wildman–Crippen MR) is 73.2 cm³/mol. The third-order valence-electron chi connectivity index (χ3n) is 3.05. The van der Waals surface area contributed by atoms with E-state index in [1.165, 1.54) is 6.92 Å². The first-order valence-electron chi connectivity index (χ1n) is 6.47. The molecule has 0 aliphatic rings. The summed E-state index contributed by atoms with van der Waals surface area (Å²) in [5.74, 6) is -0.231. The number of nitrogens with zero attached hydrogens (tertiary/aromatic N) is 2. The van der Waals surface area contributed by atoms with E-state index in [2.05, 4.69) is 10.3 Å². The van der Waals surface area contributed by atoms with Crippen LogP contribution in [0.25, 0.3) is 0 Å². The molecule has 1 rings (SSSR count). The van der Waals surface area contributed by atoms with Gasteiger partial charge in [-0.2, -0.15) is 0 Å². The molecule has 0 aliphatic carbocycles. The van der Waals surface area contributed by atoms with Crippen molar-refractivity contribution in [3.05, 3.63) is 30.1 Å². The Hall–Kier alpha value is -1.91. The monoisotopic (exact) mass is 263 g/mol. The summed E-state index contributed by atoms with van der Waals surface area (Å²) in [7, 11) is 0. The zero-order valence-electron chi connectivity index (χ0n) is 11.7. The van der Waals surface area contributed by atoms with Gasteiger partial charge in [0.15, 0.2) is 0 Å². The Labute approximate surface area is 114 Å². The summed E-state index contributed by atoms with van der Waals surface area (Å²) in [5.41, 5.74) is 0.939. The smallest absolute Gasteiger partial charge is 0.239 e. The molecule has 19 heavy (non-hydrogen) atoms. The van der Waals surface area contributed by atoms with Crippen LogP contribution in [0.2, 0.25) is 0 Å². The van der Waals surface area contributed by atoms with Gasteiger partial charge >= 0.3 is 0 Å². The van der Waals surface area contributed by atoms with E-state index in [0.29, 0.717) is 6.54 Å². The van der Waals surface area contributed by atoms with E-state index in [4.69, 9.17) is 0 Å². The first-order valence-corrected chi connectivity index (χ1v) is 6.47. The van der Waals surface area contributed by atoms with Crippen LogP contribution in [0.1, 0.15) is 32.8 Å². The Balaban J connectivity index is 2.47. The molecule has 0 fully saturated rings. The van der Waals surface area contributed by atoms with E-state index in [-0.39, 0.29) is 24.4 Å². The average Bonchev–Trinajstić information content (AvgIpc) is 2.42. The molecule has 0 bridgehead atoms. The van der Waals surface area contributed by atoms with E-state index in [0.717, 1.165) is 12.0 Å². The number of hydrogen-bond donors (Lipinski definition) is 1.